The summed E-state index contributed by atoms with van der Waals surface area (Å²) in [6.45, 7) is 2.50. The molecule has 0 radical (unpaired) electrons. The molecule has 0 aromatic carbocycles. The molecule has 0 saturated carbocycles. The minimum absolute atomic E-state index is 0.164. The van der Waals surface area contributed by atoms with Gasteiger partial charge in [0, 0.05) is 13.1 Å². The molecule has 0 aliphatic carbocycles. The number of carboxylic acids is 1. The van der Waals surface area contributed by atoms with Gasteiger partial charge in [-0.05, 0) is 12.8 Å². The summed E-state index contributed by atoms with van der Waals surface area (Å²) < 4.78 is 4.47. The number of nitrogens with one attached hydrogen (secondary N) is 2. The van der Waals surface area contributed by atoms with Crippen molar-refractivity contribution >= 4 is 18.1 Å². The van der Waals surface area contributed by atoms with Gasteiger partial charge in [0.2, 0.25) is 0 Å². The van der Waals surface area contributed by atoms with E-state index < -0.39 is 24.1 Å². The smallest absolute Gasteiger partial charge is 0.407 e. The third-order valence-corrected chi connectivity index (χ3v) is 2.99. The lowest BCUT2D eigenvalue weighted by atomic mass is 10.2. The summed E-state index contributed by atoms with van der Waals surface area (Å²) in [6.07, 6.45) is 0.398. The molecule has 2 unspecified atom stereocenters. The van der Waals surface area contributed by atoms with Gasteiger partial charge in [0.1, 0.15) is 6.04 Å². The summed E-state index contributed by atoms with van der Waals surface area (Å²) in [4.78, 5) is 35.2. The number of carbonyl (C=O) groups is 3. The molecule has 1 aliphatic heterocycles. The van der Waals surface area contributed by atoms with Crippen molar-refractivity contribution in [1.82, 2.24) is 15.5 Å². The molecule has 3 amide bonds. The zero-order valence-electron chi connectivity index (χ0n) is 11.0. The predicted molar refractivity (Wildman–Crippen MR) is 65.8 cm³/mol. The second-order valence-electron chi connectivity index (χ2n) is 4.32. The third kappa shape index (κ3) is 4.31. The van der Waals surface area contributed by atoms with Crippen LogP contribution in [0.3, 0.4) is 0 Å². The monoisotopic (exact) mass is 273 g/mol. The number of amides is 3. The molecule has 19 heavy (non-hydrogen) atoms. The highest BCUT2D eigenvalue weighted by Gasteiger charge is 2.29. The Hall–Kier alpha value is -1.99. The molecule has 3 N–H and O–H groups in total. The van der Waals surface area contributed by atoms with Crippen LogP contribution in [0.1, 0.15) is 19.8 Å². The second kappa shape index (κ2) is 6.81. The van der Waals surface area contributed by atoms with Crippen molar-refractivity contribution in [3.8, 4) is 0 Å². The van der Waals surface area contributed by atoms with Crippen LogP contribution in [0.2, 0.25) is 0 Å². The molecule has 0 aromatic heterocycles. The van der Waals surface area contributed by atoms with E-state index in [0.717, 1.165) is 0 Å². The summed E-state index contributed by atoms with van der Waals surface area (Å²) in [5.41, 5.74) is 0. The van der Waals surface area contributed by atoms with Gasteiger partial charge in [-0.1, -0.05) is 6.92 Å². The topological polar surface area (TPSA) is 108 Å². The van der Waals surface area contributed by atoms with E-state index in [1.165, 1.54) is 12.0 Å². The molecule has 0 aromatic rings. The van der Waals surface area contributed by atoms with Gasteiger partial charge in [-0.3, -0.25) is 0 Å². The summed E-state index contributed by atoms with van der Waals surface area (Å²) in [5.74, 6) is -1.06. The molecule has 2 atom stereocenters. The number of hydrogen-bond donors (Lipinski definition) is 3. The lowest BCUT2D eigenvalue weighted by Crippen LogP contribution is -2.48. The van der Waals surface area contributed by atoms with E-state index >= 15 is 0 Å². The Morgan fingerprint density at radius 3 is 2.68 bits per heavy atom. The van der Waals surface area contributed by atoms with E-state index in [4.69, 9.17) is 5.11 Å². The van der Waals surface area contributed by atoms with E-state index in [0.29, 0.717) is 25.9 Å². The highest BCUT2D eigenvalue weighted by molar-refractivity contribution is 5.82. The molecule has 8 heteroatoms. The SMILES string of the molecule is CCC(NC(=O)N1CCC(NC(=O)OC)C1)C(=O)O. The highest BCUT2D eigenvalue weighted by atomic mass is 16.5. The first-order valence-corrected chi connectivity index (χ1v) is 6.10. The van der Waals surface area contributed by atoms with Gasteiger partial charge < -0.3 is 25.4 Å². The van der Waals surface area contributed by atoms with Crippen molar-refractivity contribution in [2.45, 2.75) is 31.8 Å². The normalized spacial score (nSPS) is 19.7. The van der Waals surface area contributed by atoms with Gasteiger partial charge in [0.05, 0.1) is 13.2 Å². The van der Waals surface area contributed by atoms with Gasteiger partial charge in [-0.15, -0.1) is 0 Å². The molecule has 1 fully saturated rings. The molecule has 1 saturated heterocycles. The molecular weight excluding hydrogens is 254 g/mol. The van der Waals surface area contributed by atoms with Crippen molar-refractivity contribution in [3.63, 3.8) is 0 Å². The fraction of sp³-hybridized carbons (Fsp3) is 0.727. The Morgan fingerprint density at radius 2 is 2.16 bits per heavy atom. The van der Waals surface area contributed by atoms with Crippen LogP contribution in [0.25, 0.3) is 0 Å². The second-order valence-corrected chi connectivity index (χ2v) is 4.32. The first-order chi connectivity index (χ1) is 8.97. The van der Waals surface area contributed by atoms with Crippen LogP contribution in [-0.2, 0) is 9.53 Å². The van der Waals surface area contributed by atoms with Crippen LogP contribution < -0.4 is 10.6 Å². The van der Waals surface area contributed by atoms with Crippen LogP contribution >= 0.6 is 0 Å². The van der Waals surface area contributed by atoms with Crippen molar-refractivity contribution in [3.05, 3.63) is 0 Å². The van der Waals surface area contributed by atoms with Gasteiger partial charge in [0.25, 0.3) is 0 Å². The standard InChI is InChI=1S/C11H19N3O5/c1-3-8(9(15)16)13-10(17)14-5-4-7(6-14)12-11(18)19-2/h7-8H,3-6H2,1-2H3,(H,12,18)(H,13,17)(H,15,16). The quantitative estimate of drug-likeness (QED) is 0.667. The van der Waals surface area contributed by atoms with Crippen LogP contribution in [0.4, 0.5) is 9.59 Å². The molecule has 0 bridgehead atoms. The van der Waals surface area contributed by atoms with Crippen molar-refractivity contribution in [2.24, 2.45) is 0 Å². The number of nitrogens with zero attached hydrogens (tertiary/aromatic N) is 1. The maximum absolute atomic E-state index is 11.8. The van der Waals surface area contributed by atoms with Crippen LogP contribution in [0, 0.1) is 0 Å². The van der Waals surface area contributed by atoms with Gasteiger partial charge >= 0.3 is 18.1 Å². The van der Waals surface area contributed by atoms with Crippen LogP contribution in [0.15, 0.2) is 0 Å². The maximum atomic E-state index is 11.8. The van der Waals surface area contributed by atoms with Gasteiger partial charge in [0.15, 0.2) is 0 Å². The average Bonchev–Trinajstić information content (AvgIpc) is 2.83. The minimum Gasteiger partial charge on any atom is -0.480 e. The zero-order chi connectivity index (χ0) is 14.4. The number of methoxy groups -OCH3 is 1. The Bertz CT molecular complexity index is 360. The maximum Gasteiger partial charge on any atom is 0.407 e. The lowest BCUT2D eigenvalue weighted by molar-refractivity contribution is -0.139. The number of carbonyl (C=O) groups excluding carboxylic acids is 2. The van der Waals surface area contributed by atoms with E-state index in [9.17, 15) is 14.4 Å². The Morgan fingerprint density at radius 1 is 1.47 bits per heavy atom. The zero-order valence-corrected chi connectivity index (χ0v) is 11.0. The average molecular weight is 273 g/mol. The molecular formula is C11H19N3O5. The number of rotatable bonds is 4. The summed E-state index contributed by atoms with van der Waals surface area (Å²) >= 11 is 0. The third-order valence-electron chi connectivity index (χ3n) is 2.99. The van der Waals surface area contributed by atoms with E-state index in [-0.39, 0.29) is 6.04 Å². The number of likely N-dealkylation sites (tertiary alicyclic amines) is 1. The first kappa shape index (κ1) is 15.1. The van der Waals surface area contributed by atoms with Crippen molar-refractivity contribution < 1.29 is 24.2 Å². The first-order valence-electron chi connectivity index (χ1n) is 6.10. The predicted octanol–water partition coefficient (Wildman–Crippen LogP) is -0.0105. The Kier molecular flexibility index (Phi) is 5.40. The number of urea groups is 1. The van der Waals surface area contributed by atoms with Crippen LogP contribution in [-0.4, -0.2) is 60.4 Å². The number of aliphatic carboxylic acids is 1. The largest absolute Gasteiger partial charge is 0.480 e. The fourth-order valence-electron chi connectivity index (χ4n) is 1.87. The number of ether oxygens (including phenoxy) is 1. The fourth-order valence-corrected chi connectivity index (χ4v) is 1.87. The number of hydrogen-bond acceptors (Lipinski definition) is 4. The van der Waals surface area contributed by atoms with E-state index in [1.54, 1.807) is 6.92 Å². The molecule has 1 heterocycles. The molecule has 108 valence electrons. The number of alkyl carbamates (subject to hydrolysis) is 1. The van der Waals surface area contributed by atoms with Crippen LogP contribution in [0.5, 0.6) is 0 Å². The molecule has 8 nitrogen and oxygen atoms in total. The van der Waals surface area contributed by atoms with Crippen molar-refractivity contribution in [1.29, 1.82) is 0 Å². The van der Waals surface area contributed by atoms with Gasteiger partial charge in [-0.25, -0.2) is 14.4 Å². The number of carboxylic acid groups (broad SMARTS) is 1. The Labute approximate surface area is 111 Å². The minimum atomic E-state index is -1.06. The summed E-state index contributed by atoms with van der Waals surface area (Å²) in [6, 6.07) is -1.48. The van der Waals surface area contributed by atoms with E-state index in [1.807, 2.05) is 0 Å². The molecule has 1 aliphatic rings. The summed E-state index contributed by atoms with van der Waals surface area (Å²) in [5, 5.41) is 13.9. The van der Waals surface area contributed by atoms with Gasteiger partial charge in [-0.2, -0.15) is 0 Å². The van der Waals surface area contributed by atoms with E-state index in [2.05, 4.69) is 15.4 Å². The summed E-state index contributed by atoms with van der Waals surface area (Å²) in [7, 11) is 1.27. The molecule has 0 spiro atoms. The lowest BCUT2D eigenvalue weighted by Gasteiger charge is -2.20. The molecule has 1 rings (SSSR count). The Balaban J connectivity index is 2.43. The highest BCUT2D eigenvalue weighted by Crippen LogP contribution is 2.10. The van der Waals surface area contributed by atoms with Crippen molar-refractivity contribution in [2.75, 3.05) is 20.2 Å².